The Hall–Kier alpha value is -7.17. The molecule has 0 saturated carbocycles. The predicted octanol–water partition coefficient (Wildman–Crippen LogP) is 4.18. The predicted molar refractivity (Wildman–Crippen MR) is 184 cm³/mol. The van der Waals surface area contributed by atoms with Crippen LogP contribution in [-0.4, -0.2) is 73.0 Å². The number of nitrogens with zero attached hydrogens (tertiary/aromatic N) is 2. The number of aliphatic carboxylic acids is 2. The van der Waals surface area contributed by atoms with Crippen LogP contribution in [0.5, 0.6) is 0 Å². The van der Waals surface area contributed by atoms with Crippen molar-refractivity contribution in [2.24, 2.45) is 0 Å². The van der Waals surface area contributed by atoms with Gasteiger partial charge in [0, 0.05) is 11.1 Å². The first-order valence-corrected chi connectivity index (χ1v) is 15.5. The fourth-order valence-electron chi connectivity index (χ4n) is 5.25. The third-order valence-corrected chi connectivity index (χ3v) is 7.68. The Morgan fingerprint density at radius 1 is 0.596 bits per heavy atom. The summed E-state index contributed by atoms with van der Waals surface area (Å²) in [5, 5.41) is 26.7. The lowest BCUT2D eigenvalue weighted by atomic mass is 10.1. The zero-order valence-corrected chi connectivity index (χ0v) is 26.8. The first kappa shape index (κ1) is 34.7. The largest absolute Gasteiger partial charge is 0.480 e. The third-order valence-electron chi connectivity index (χ3n) is 7.68. The van der Waals surface area contributed by atoms with E-state index in [0.29, 0.717) is 56.0 Å². The summed E-state index contributed by atoms with van der Waals surface area (Å²) in [7, 11) is 0. The van der Waals surface area contributed by atoms with Crippen LogP contribution in [0.4, 0.5) is 25.0 Å². The van der Waals surface area contributed by atoms with E-state index in [0.717, 1.165) is 12.1 Å². The molecular formula is C35H28F2N8O7. The van der Waals surface area contributed by atoms with Crippen LogP contribution in [-0.2, 0) is 32.0 Å². The Labute approximate surface area is 291 Å². The zero-order valence-electron chi connectivity index (χ0n) is 26.8. The second-order valence-corrected chi connectivity index (χ2v) is 11.5. The number of carbonyl (C=O) groups is 5. The smallest absolute Gasteiger partial charge is 0.323 e. The van der Waals surface area contributed by atoms with Crippen molar-refractivity contribution in [2.75, 3.05) is 23.7 Å². The van der Waals surface area contributed by atoms with Gasteiger partial charge < -0.3 is 41.4 Å². The number of H-pyrrole nitrogens is 2. The average Bonchev–Trinajstić information content (AvgIpc) is 3.72. The van der Waals surface area contributed by atoms with E-state index >= 15 is 8.78 Å². The molecule has 0 aliphatic carbocycles. The fourth-order valence-corrected chi connectivity index (χ4v) is 5.25. The molecule has 2 aromatic heterocycles. The number of imidazole rings is 2. The summed E-state index contributed by atoms with van der Waals surface area (Å²) < 4.78 is 30.2. The molecule has 0 aliphatic rings. The van der Waals surface area contributed by atoms with Crippen molar-refractivity contribution in [1.29, 1.82) is 0 Å². The summed E-state index contributed by atoms with van der Waals surface area (Å²) in [5.74, 6) is -4.15. The molecule has 8 N–H and O–H groups in total. The van der Waals surface area contributed by atoms with Crippen molar-refractivity contribution in [3.8, 4) is 22.8 Å². The van der Waals surface area contributed by atoms with Gasteiger partial charge in [0.1, 0.15) is 36.4 Å². The second kappa shape index (κ2) is 14.8. The van der Waals surface area contributed by atoms with Gasteiger partial charge in [0.05, 0.1) is 46.3 Å². The SMILES string of the molecule is O=C(O)CNC(=O)Cc1ccc2nc(-c3ccc(NC(=O)Nc4ccc(-c5nc6ccc(CC(=O)NCC(=O)O)cc6[nH]5)cc4F)c(F)c3)[nH]c2c1. The lowest BCUT2D eigenvalue weighted by molar-refractivity contribution is -0.138. The molecule has 6 rings (SSSR count). The van der Waals surface area contributed by atoms with Gasteiger partial charge >= 0.3 is 18.0 Å². The number of halogens is 2. The number of hydrogen-bond acceptors (Lipinski definition) is 7. The van der Waals surface area contributed by atoms with E-state index in [4.69, 9.17) is 10.2 Å². The van der Waals surface area contributed by atoms with Gasteiger partial charge in [-0.05, 0) is 71.8 Å². The topological polar surface area (TPSA) is 231 Å². The van der Waals surface area contributed by atoms with Crippen LogP contribution in [0.25, 0.3) is 44.8 Å². The van der Waals surface area contributed by atoms with Crippen LogP contribution in [0.1, 0.15) is 11.1 Å². The van der Waals surface area contributed by atoms with Gasteiger partial charge in [-0.3, -0.25) is 19.2 Å². The third kappa shape index (κ3) is 8.33. The van der Waals surface area contributed by atoms with Crippen LogP contribution in [0.15, 0.2) is 72.8 Å². The lowest BCUT2D eigenvalue weighted by Gasteiger charge is -2.10. The van der Waals surface area contributed by atoms with E-state index in [-0.39, 0.29) is 24.2 Å². The number of benzene rings is 4. The molecule has 0 radical (unpaired) electrons. The molecule has 0 bridgehead atoms. The molecule has 52 heavy (non-hydrogen) atoms. The number of hydrogen-bond donors (Lipinski definition) is 8. The number of carboxylic acids is 2. The fraction of sp³-hybridized carbons (Fsp3) is 0.114. The normalized spacial score (nSPS) is 11.0. The van der Waals surface area contributed by atoms with Crippen molar-refractivity contribution in [1.82, 2.24) is 30.6 Å². The Bertz CT molecular complexity index is 2230. The molecule has 6 aromatic rings. The quantitative estimate of drug-likeness (QED) is 0.0909. The van der Waals surface area contributed by atoms with E-state index < -0.39 is 54.5 Å². The van der Waals surface area contributed by atoms with Gasteiger partial charge in [-0.15, -0.1) is 0 Å². The summed E-state index contributed by atoms with van der Waals surface area (Å²) in [6.07, 6.45) is -0.0937. The molecule has 17 heteroatoms. The average molecular weight is 711 g/mol. The van der Waals surface area contributed by atoms with Gasteiger partial charge in [0.2, 0.25) is 11.8 Å². The molecule has 0 fully saturated rings. The minimum absolute atomic E-state index is 0.0468. The van der Waals surface area contributed by atoms with Crippen LogP contribution >= 0.6 is 0 Å². The molecule has 0 spiro atoms. The number of urea groups is 1. The van der Waals surface area contributed by atoms with Crippen molar-refractivity contribution < 1.29 is 43.0 Å². The Morgan fingerprint density at radius 2 is 1.02 bits per heavy atom. The maximum Gasteiger partial charge on any atom is 0.323 e. The van der Waals surface area contributed by atoms with E-state index in [1.807, 2.05) is 0 Å². The van der Waals surface area contributed by atoms with Crippen LogP contribution in [0.3, 0.4) is 0 Å². The van der Waals surface area contributed by atoms with Gasteiger partial charge in [0.15, 0.2) is 0 Å². The maximum absolute atomic E-state index is 15.1. The van der Waals surface area contributed by atoms with Crippen LogP contribution in [0.2, 0.25) is 0 Å². The Morgan fingerprint density at radius 3 is 1.40 bits per heavy atom. The molecule has 15 nitrogen and oxygen atoms in total. The van der Waals surface area contributed by atoms with Crippen molar-refractivity contribution in [3.63, 3.8) is 0 Å². The summed E-state index contributed by atoms with van der Waals surface area (Å²) in [4.78, 5) is 73.0. The van der Waals surface area contributed by atoms with Crippen LogP contribution < -0.4 is 21.3 Å². The first-order chi connectivity index (χ1) is 24.9. The number of anilines is 2. The minimum atomic E-state index is -1.15. The number of carbonyl (C=O) groups excluding carboxylic acids is 3. The van der Waals surface area contributed by atoms with E-state index in [2.05, 4.69) is 41.2 Å². The minimum Gasteiger partial charge on any atom is -0.480 e. The van der Waals surface area contributed by atoms with Gasteiger partial charge in [0.25, 0.3) is 0 Å². The highest BCUT2D eigenvalue weighted by molar-refractivity contribution is 6.00. The lowest BCUT2D eigenvalue weighted by Crippen LogP contribution is -2.30. The molecule has 264 valence electrons. The number of fused-ring (bicyclic) bond motifs is 2. The van der Waals surface area contributed by atoms with Crippen LogP contribution in [0, 0.1) is 11.6 Å². The molecular weight excluding hydrogens is 682 g/mol. The standard InChI is InChI=1S/C35H28F2N8O7/c36-21-13-19(33-40-25-5-1-17(9-27(25)42-33)11-29(46)38-15-31(48)49)3-7-23(21)44-35(52)45-24-8-4-20(14-22(24)37)34-41-26-6-2-18(10-28(26)43-34)12-30(47)39-16-32(50)51/h1-10,13-14H,11-12,15-16H2,(H,38,46)(H,39,47)(H,40,42)(H,41,43)(H,48,49)(H,50,51)(H2,44,45,52). The molecule has 0 unspecified atom stereocenters. The number of nitrogens with one attached hydrogen (secondary N) is 6. The highest BCUT2D eigenvalue weighted by Gasteiger charge is 2.16. The Balaban J connectivity index is 1.08. The molecule has 2 heterocycles. The summed E-state index contributed by atoms with van der Waals surface area (Å²) >= 11 is 0. The van der Waals surface area contributed by atoms with Crippen molar-refractivity contribution in [2.45, 2.75) is 12.8 Å². The number of rotatable bonds is 12. The van der Waals surface area contributed by atoms with E-state index in [9.17, 15) is 24.0 Å². The number of aromatic nitrogens is 4. The second-order valence-electron chi connectivity index (χ2n) is 11.5. The monoisotopic (exact) mass is 710 g/mol. The number of amides is 4. The molecule has 4 amide bonds. The number of aromatic amines is 2. The molecule has 4 aromatic carbocycles. The van der Waals surface area contributed by atoms with Gasteiger partial charge in [-0.1, -0.05) is 12.1 Å². The highest BCUT2D eigenvalue weighted by atomic mass is 19.1. The first-order valence-electron chi connectivity index (χ1n) is 15.5. The highest BCUT2D eigenvalue weighted by Crippen LogP contribution is 2.27. The summed E-state index contributed by atoms with van der Waals surface area (Å²) in [6, 6.07) is 17.2. The molecule has 0 atom stereocenters. The molecule has 0 saturated heterocycles. The summed E-state index contributed by atoms with van der Waals surface area (Å²) in [5.41, 5.74) is 3.83. The van der Waals surface area contributed by atoms with E-state index in [1.165, 1.54) is 24.3 Å². The van der Waals surface area contributed by atoms with Gasteiger partial charge in [-0.2, -0.15) is 0 Å². The zero-order chi connectivity index (χ0) is 36.9. The number of carboxylic acid groups (broad SMARTS) is 2. The van der Waals surface area contributed by atoms with Crippen molar-refractivity contribution >= 4 is 63.2 Å². The van der Waals surface area contributed by atoms with E-state index in [1.54, 1.807) is 36.4 Å². The molecule has 0 aliphatic heterocycles. The van der Waals surface area contributed by atoms with Crippen molar-refractivity contribution in [3.05, 3.63) is 95.6 Å². The summed E-state index contributed by atoms with van der Waals surface area (Å²) in [6.45, 7) is -0.978. The maximum atomic E-state index is 15.1. The Kier molecular flexibility index (Phi) is 9.84. The van der Waals surface area contributed by atoms with Gasteiger partial charge in [-0.25, -0.2) is 23.5 Å².